The molecule has 130 valence electrons. The van der Waals surface area contributed by atoms with Gasteiger partial charge in [0.1, 0.15) is 0 Å². The van der Waals surface area contributed by atoms with Gasteiger partial charge in [0, 0.05) is 32.0 Å². The minimum absolute atomic E-state index is 0.417. The average molecular weight is 348 g/mol. The Hall–Kier alpha value is -1.70. The maximum atomic E-state index is 12.3. The topological polar surface area (TPSA) is 67.2 Å². The van der Waals surface area contributed by atoms with E-state index < -0.39 is 10.2 Å². The lowest BCUT2D eigenvalue weighted by Crippen LogP contribution is -2.41. The molecule has 7 heteroatoms. The molecule has 1 aliphatic heterocycles. The maximum Gasteiger partial charge on any atom is 0.279 e. The predicted octanol–water partition coefficient (Wildman–Crippen LogP) is 2.13. The van der Waals surface area contributed by atoms with Gasteiger partial charge in [-0.1, -0.05) is 25.0 Å². The summed E-state index contributed by atoms with van der Waals surface area (Å²) in [6.45, 7) is 1.68. The second kappa shape index (κ2) is 7.92. The third kappa shape index (κ3) is 4.43. The second-order valence-corrected chi connectivity index (χ2v) is 7.83. The third-order valence-corrected chi connectivity index (χ3v) is 5.92. The van der Waals surface area contributed by atoms with Gasteiger partial charge in [-0.15, -0.1) is 0 Å². The Morgan fingerprint density at radius 3 is 2.38 bits per heavy atom. The smallest absolute Gasteiger partial charge is 0.241 e. The number of benzene rings is 1. The molecule has 1 N–H and O–H groups in total. The Morgan fingerprint density at radius 1 is 1.04 bits per heavy atom. The molecule has 0 aliphatic carbocycles. The normalized spacial score (nSPS) is 16.8. The van der Waals surface area contributed by atoms with Crippen molar-refractivity contribution in [3.63, 3.8) is 0 Å². The standard InChI is InChI=1S/C17H24N4O2S/c22-24(23,20-13-3-1-2-4-14-20)19-12-10-16-6-8-17(9-7-16)21-15-5-11-18-21/h5-9,11,15,19H,1-4,10,12-14H2. The van der Waals surface area contributed by atoms with E-state index >= 15 is 0 Å². The van der Waals surface area contributed by atoms with Crippen molar-refractivity contribution in [2.24, 2.45) is 0 Å². The molecule has 6 nitrogen and oxygen atoms in total. The van der Waals surface area contributed by atoms with Crippen LogP contribution in [0.25, 0.3) is 5.69 Å². The van der Waals surface area contributed by atoms with E-state index in [0.717, 1.165) is 36.9 Å². The number of rotatable bonds is 6. The van der Waals surface area contributed by atoms with Gasteiger partial charge in [0.15, 0.2) is 0 Å². The lowest BCUT2D eigenvalue weighted by atomic mass is 10.1. The van der Waals surface area contributed by atoms with E-state index in [1.54, 1.807) is 15.2 Å². The SMILES string of the molecule is O=S(=O)(NCCc1ccc(-n2cccn2)cc1)N1CCCCCC1. The summed E-state index contributed by atoms with van der Waals surface area (Å²) in [6.07, 6.45) is 8.46. The van der Waals surface area contributed by atoms with Crippen LogP contribution in [0.15, 0.2) is 42.7 Å². The molecule has 3 rings (SSSR count). The molecule has 1 aliphatic rings. The van der Waals surface area contributed by atoms with Crippen molar-refractivity contribution in [3.8, 4) is 5.69 Å². The Morgan fingerprint density at radius 2 is 1.75 bits per heavy atom. The van der Waals surface area contributed by atoms with Crippen molar-refractivity contribution < 1.29 is 8.42 Å². The van der Waals surface area contributed by atoms with Crippen LogP contribution in [0.1, 0.15) is 31.2 Å². The highest BCUT2D eigenvalue weighted by Crippen LogP contribution is 2.13. The summed E-state index contributed by atoms with van der Waals surface area (Å²) in [4.78, 5) is 0. The van der Waals surface area contributed by atoms with Crippen LogP contribution in [0, 0.1) is 0 Å². The lowest BCUT2D eigenvalue weighted by Gasteiger charge is -2.20. The van der Waals surface area contributed by atoms with Gasteiger partial charge in [0.05, 0.1) is 5.69 Å². The Balaban J connectivity index is 1.52. The van der Waals surface area contributed by atoms with E-state index in [1.807, 2.05) is 36.5 Å². The highest BCUT2D eigenvalue weighted by molar-refractivity contribution is 7.87. The van der Waals surface area contributed by atoms with Gasteiger partial charge < -0.3 is 0 Å². The summed E-state index contributed by atoms with van der Waals surface area (Å²) >= 11 is 0. The van der Waals surface area contributed by atoms with Crippen LogP contribution >= 0.6 is 0 Å². The summed E-state index contributed by atoms with van der Waals surface area (Å²) in [6, 6.07) is 9.89. The molecule has 1 saturated heterocycles. The molecule has 0 atom stereocenters. The first-order valence-electron chi connectivity index (χ1n) is 8.49. The second-order valence-electron chi connectivity index (χ2n) is 6.08. The zero-order valence-electron chi connectivity index (χ0n) is 13.8. The fourth-order valence-corrected chi connectivity index (χ4v) is 4.22. The van der Waals surface area contributed by atoms with E-state index in [0.29, 0.717) is 26.1 Å². The predicted molar refractivity (Wildman–Crippen MR) is 94.2 cm³/mol. The quantitative estimate of drug-likeness (QED) is 0.869. The zero-order valence-corrected chi connectivity index (χ0v) is 14.6. The van der Waals surface area contributed by atoms with Crippen LogP contribution in [0.3, 0.4) is 0 Å². The molecule has 24 heavy (non-hydrogen) atoms. The number of nitrogens with zero attached hydrogens (tertiary/aromatic N) is 3. The van der Waals surface area contributed by atoms with Crippen molar-refractivity contribution >= 4 is 10.2 Å². The minimum atomic E-state index is -3.35. The Bertz CT molecular complexity index is 718. The Kier molecular flexibility index (Phi) is 5.65. The average Bonchev–Trinajstić information content (AvgIpc) is 2.97. The molecule has 2 aromatic rings. The molecule has 0 unspecified atom stereocenters. The molecule has 0 bridgehead atoms. The first kappa shape index (κ1) is 17.1. The van der Waals surface area contributed by atoms with Crippen LogP contribution in [0.5, 0.6) is 0 Å². The first-order chi connectivity index (χ1) is 11.6. The lowest BCUT2D eigenvalue weighted by molar-refractivity contribution is 0.415. The van der Waals surface area contributed by atoms with Gasteiger partial charge in [-0.3, -0.25) is 0 Å². The molecule has 2 heterocycles. The first-order valence-corrected chi connectivity index (χ1v) is 9.93. The van der Waals surface area contributed by atoms with Crippen LogP contribution in [-0.4, -0.2) is 42.1 Å². The molecule has 1 aromatic heterocycles. The van der Waals surface area contributed by atoms with Gasteiger partial charge >= 0.3 is 0 Å². The Labute approximate surface area is 143 Å². The largest absolute Gasteiger partial charge is 0.279 e. The van der Waals surface area contributed by atoms with Gasteiger partial charge in [0.25, 0.3) is 10.2 Å². The summed E-state index contributed by atoms with van der Waals surface area (Å²) in [5.74, 6) is 0. The van der Waals surface area contributed by atoms with Crippen molar-refractivity contribution in [2.45, 2.75) is 32.1 Å². The van der Waals surface area contributed by atoms with E-state index in [2.05, 4.69) is 9.82 Å². The van der Waals surface area contributed by atoms with E-state index in [-0.39, 0.29) is 0 Å². The molecule has 1 fully saturated rings. The van der Waals surface area contributed by atoms with Crippen molar-refractivity contribution in [1.29, 1.82) is 0 Å². The maximum absolute atomic E-state index is 12.3. The number of hydrogen-bond donors (Lipinski definition) is 1. The monoisotopic (exact) mass is 348 g/mol. The molecular weight excluding hydrogens is 324 g/mol. The van der Waals surface area contributed by atoms with Gasteiger partial charge in [-0.2, -0.15) is 17.8 Å². The van der Waals surface area contributed by atoms with Crippen LogP contribution in [0.2, 0.25) is 0 Å². The van der Waals surface area contributed by atoms with Crippen LogP contribution in [-0.2, 0) is 16.6 Å². The summed E-state index contributed by atoms with van der Waals surface area (Å²) in [5, 5.41) is 4.19. The fourth-order valence-electron chi connectivity index (χ4n) is 2.93. The fraction of sp³-hybridized carbons (Fsp3) is 0.471. The third-order valence-electron chi connectivity index (χ3n) is 4.31. The summed E-state index contributed by atoms with van der Waals surface area (Å²) in [5.41, 5.74) is 2.10. The number of hydrogen-bond acceptors (Lipinski definition) is 3. The van der Waals surface area contributed by atoms with Crippen LogP contribution in [0.4, 0.5) is 0 Å². The van der Waals surface area contributed by atoms with Crippen molar-refractivity contribution in [2.75, 3.05) is 19.6 Å². The summed E-state index contributed by atoms with van der Waals surface area (Å²) < 4.78 is 30.8. The van der Waals surface area contributed by atoms with Crippen LogP contribution < -0.4 is 4.72 Å². The zero-order chi connectivity index (χ0) is 16.8. The molecule has 0 spiro atoms. The molecule has 0 amide bonds. The van der Waals surface area contributed by atoms with Crippen molar-refractivity contribution in [1.82, 2.24) is 18.8 Å². The molecule has 0 saturated carbocycles. The molecular formula is C17H24N4O2S. The summed E-state index contributed by atoms with van der Waals surface area (Å²) in [7, 11) is -3.35. The number of nitrogens with one attached hydrogen (secondary N) is 1. The van der Waals surface area contributed by atoms with Gasteiger partial charge in [0.2, 0.25) is 0 Å². The highest BCUT2D eigenvalue weighted by atomic mass is 32.2. The minimum Gasteiger partial charge on any atom is -0.241 e. The molecule has 1 aromatic carbocycles. The van der Waals surface area contributed by atoms with E-state index in [9.17, 15) is 8.42 Å². The van der Waals surface area contributed by atoms with E-state index in [1.165, 1.54) is 0 Å². The van der Waals surface area contributed by atoms with Crippen molar-refractivity contribution in [3.05, 3.63) is 48.3 Å². The van der Waals surface area contributed by atoms with Gasteiger partial charge in [-0.25, -0.2) is 9.40 Å². The van der Waals surface area contributed by atoms with Gasteiger partial charge in [-0.05, 0) is 43.0 Å². The highest BCUT2D eigenvalue weighted by Gasteiger charge is 2.21. The van der Waals surface area contributed by atoms with E-state index in [4.69, 9.17) is 0 Å². The number of aromatic nitrogens is 2. The molecule has 0 radical (unpaired) electrons.